The Morgan fingerprint density at radius 3 is 2.61 bits per heavy atom. The molecule has 146 valence electrons. The van der Waals surface area contributed by atoms with Gasteiger partial charge >= 0.3 is 6.09 Å². The maximum absolute atomic E-state index is 11.1. The van der Waals surface area contributed by atoms with E-state index < -0.39 is 6.09 Å². The van der Waals surface area contributed by atoms with Crippen molar-refractivity contribution in [3.05, 3.63) is 53.6 Å². The number of amides is 1. The largest absolute Gasteiger partial charge is 0.410 e. The number of ether oxygens (including phenoxy) is 1. The van der Waals surface area contributed by atoms with Crippen LogP contribution in [0.3, 0.4) is 0 Å². The fourth-order valence-corrected chi connectivity index (χ4v) is 3.56. The average molecular weight is 379 g/mol. The second-order valence-corrected chi connectivity index (χ2v) is 7.20. The summed E-state index contributed by atoms with van der Waals surface area (Å²) in [5.74, 6) is 1.18. The average Bonchev–Trinajstić information content (AvgIpc) is 3.13. The smallest absolute Gasteiger partial charge is 0.408 e. The monoisotopic (exact) mass is 379 g/mol. The lowest BCUT2D eigenvalue weighted by molar-refractivity contribution is 0.211. The Balaban J connectivity index is 1.37. The Labute approximate surface area is 164 Å². The number of carbonyl (C=O) groups excluding carboxylic acids is 1. The highest BCUT2D eigenvalue weighted by molar-refractivity contribution is 5.86. The topological polar surface area (TPSA) is 87.5 Å². The Hall–Kier alpha value is -3.06. The van der Waals surface area contributed by atoms with Crippen LogP contribution in [-0.2, 0) is 6.42 Å². The molecular formula is C21H25N5O2. The predicted octanol–water partition coefficient (Wildman–Crippen LogP) is 2.69. The zero-order valence-electron chi connectivity index (χ0n) is 16.0. The number of aryl methyl sites for hydroxylation is 1. The standard InChI is InChI=1S/C21H25N5O2/c1-15-5-7-16(8-6-15)9-10-25-11-13-26(14-12-25)21-23-17-3-2-4-18(19(17)24-21)28-20(22)27/h2-8H,9-14H2,1H3,(H2,22,27)(H,23,24). The number of nitrogens with two attached hydrogens (primary N) is 1. The molecule has 0 radical (unpaired) electrons. The van der Waals surface area contributed by atoms with E-state index in [0.717, 1.165) is 50.6 Å². The highest BCUT2D eigenvalue weighted by Gasteiger charge is 2.20. The molecular weight excluding hydrogens is 354 g/mol. The van der Waals surface area contributed by atoms with Gasteiger partial charge in [-0.3, -0.25) is 4.90 Å². The Bertz CT molecular complexity index is 959. The van der Waals surface area contributed by atoms with Crippen molar-refractivity contribution in [3.8, 4) is 5.75 Å². The number of aromatic nitrogens is 2. The number of para-hydroxylation sites is 1. The minimum Gasteiger partial charge on any atom is -0.408 e. The number of imidazole rings is 1. The summed E-state index contributed by atoms with van der Waals surface area (Å²) in [4.78, 5) is 23.8. The van der Waals surface area contributed by atoms with E-state index in [1.807, 2.05) is 12.1 Å². The number of nitrogens with one attached hydrogen (secondary N) is 1. The van der Waals surface area contributed by atoms with Crippen LogP contribution in [0.4, 0.5) is 10.7 Å². The van der Waals surface area contributed by atoms with Gasteiger partial charge in [-0.1, -0.05) is 35.9 Å². The van der Waals surface area contributed by atoms with E-state index >= 15 is 0 Å². The fourth-order valence-electron chi connectivity index (χ4n) is 3.56. The van der Waals surface area contributed by atoms with Gasteiger partial charge in [0.15, 0.2) is 5.75 Å². The normalized spacial score (nSPS) is 15.1. The summed E-state index contributed by atoms with van der Waals surface area (Å²) in [5.41, 5.74) is 9.28. The summed E-state index contributed by atoms with van der Waals surface area (Å²) >= 11 is 0. The van der Waals surface area contributed by atoms with Gasteiger partial charge in [0.2, 0.25) is 5.95 Å². The van der Waals surface area contributed by atoms with Gasteiger partial charge in [-0.25, -0.2) is 9.78 Å². The number of primary amides is 1. The summed E-state index contributed by atoms with van der Waals surface area (Å²) < 4.78 is 5.06. The van der Waals surface area contributed by atoms with Crippen LogP contribution in [0.15, 0.2) is 42.5 Å². The third-order valence-corrected chi connectivity index (χ3v) is 5.18. The van der Waals surface area contributed by atoms with Gasteiger partial charge in [-0.15, -0.1) is 0 Å². The first kappa shape index (κ1) is 18.3. The number of rotatable bonds is 5. The van der Waals surface area contributed by atoms with E-state index in [0.29, 0.717) is 11.3 Å². The van der Waals surface area contributed by atoms with Crippen LogP contribution < -0.4 is 15.4 Å². The van der Waals surface area contributed by atoms with Crippen molar-refractivity contribution in [2.24, 2.45) is 5.73 Å². The van der Waals surface area contributed by atoms with Crippen LogP contribution in [0.2, 0.25) is 0 Å². The van der Waals surface area contributed by atoms with Crippen molar-refractivity contribution >= 4 is 23.1 Å². The maximum Gasteiger partial charge on any atom is 0.410 e. The van der Waals surface area contributed by atoms with Crippen molar-refractivity contribution in [3.63, 3.8) is 0 Å². The number of piperazine rings is 1. The molecule has 4 rings (SSSR count). The lowest BCUT2D eigenvalue weighted by Crippen LogP contribution is -2.47. The Kier molecular flexibility index (Phi) is 5.16. The van der Waals surface area contributed by atoms with Gasteiger partial charge in [0, 0.05) is 32.7 Å². The number of anilines is 1. The van der Waals surface area contributed by atoms with Crippen LogP contribution in [0.1, 0.15) is 11.1 Å². The van der Waals surface area contributed by atoms with Gasteiger partial charge < -0.3 is 20.4 Å². The van der Waals surface area contributed by atoms with Crippen LogP contribution in [0, 0.1) is 6.92 Å². The number of fused-ring (bicyclic) bond motifs is 1. The number of aromatic amines is 1. The highest BCUT2D eigenvalue weighted by atomic mass is 16.5. The second-order valence-electron chi connectivity index (χ2n) is 7.20. The summed E-state index contributed by atoms with van der Waals surface area (Å²) in [7, 11) is 0. The molecule has 0 unspecified atom stereocenters. The molecule has 3 aromatic rings. The van der Waals surface area contributed by atoms with Gasteiger partial charge in [0.1, 0.15) is 5.52 Å². The SMILES string of the molecule is Cc1ccc(CCN2CCN(c3nc4c(OC(N)=O)cccc4[nH]3)CC2)cc1. The van der Waals surface area contributed by atoms with Crippen molar-refractivity contribution in [1.82, 2.24) is 14.9 Å². The van der Waals surface area contributed by atoms with Crippen molar-refractivity contribution in [2.75, 3.05) is 37.6 Å². The molecule has 0 spiro atoms. The van der Waals surface area contributed by atoms with Crippen LogP contribution in [0.25, 0.3) is 11.0 Å². The van der Waals surface area contributed by atoms with Crippen LogP contribution in [-0.4, -0.2) is 53.7 Å². The number of hydrogen-bond acceptors (Lipinski definition) is 5. The van der Waals surface area contributed by atoms with E-state index in [1.165, 1.54) is 11.1 Å². The maximum atomic E-state index is 11.1. The van der Waals surface area contributed by atoms with Crippen LogP contribution in [0.5, 0.6) is 5.75 Å². The van der Waals surface area contributed by atoms with Gasteiger partial charge in [-0.2, -0.15) is 0 Å². The predicted molar refractivity (Wildman–Crippen MR) is 110 cm³/mol. The van der Waals surface area contributed by atoms with Crippen molar-refractivity contribution in [2.45, 2.75) is 13.3 Å². The fraction of sp³-hybridized carbons (Fsp3) is 0.333. The lowest BCUT2D eigenvalue weighted by Gasteiger charge is -2.34. The quantitative estimate of drug-likeness (QED) is 0.712. The first-order valence-electron chi connectivity index (χ1n) is 9.57. The molecule has 2 heterocycles. The first-order chi connectivity index (χ1) is 13.6. The molecule has 2 aromatic carbocycles. The molecule has 0 saturated carbocycles. The van der Waals surface area contributed by atoms with E-state index in [4.69, 9.17) is 10.5 Å². The van der Waals surface area contributed by atoms with Crippen molar-refractivity contribution < 1.29 is 9.53 Å². The number of hydrogen-bond donors (Lipinski definition) is 2. The second kappa shape index (κ2) is 7.90. The third-order valence-electron chi connectivity index (χ3n) is 5.18. The van der Waals surface area contributed by atoms with Gasteiger partial charge in [-0.05, 0) is 31.0 Å². The molecule has 1 aliphatic heterocycles. The molecule has 1 amide bonds. The molecule has 0 bridgehead atoms. The number of nitrogens with zero attached hydrogens (tertiary/aromatic N) is 3. The number of carbonyl (C=O) groups is 1. The van der Waals surface area contributed by atoms with E-state index in [9.17, 15) is 4.79 Å². The lowest BCUT2D eigenvalue weighted by atomic mass is 10.1. The van der Waals surface area contributed by atoms with E-state index in [2.05, 4.69) is 51.0 Å². The minimum absolute atomic E-state index is 0.379. The molecule has 1 saturated heterocycles. The third kappa shape index (κ3) is 4.09. The van der Waals surface area contributed by atoms with Crippen molar-refractivity contribution in [1.29, 1.82) is 0 Å². The molecule has 1 fully saturated rings. The molecule has 1 aliphatic rings. The number of benzene rings is 2. The molecule has 7 heteroatoms. The summed E-state index contributed by atoms with van der Waals surface area (Å²) in [6.07, 6.45) is 0.234. The Morgan fingerprint density at radius 2 is 1.89 bits per heavy atom. The highest BCUT2D eigenvalue weighted by Crippen LogP contribution is 2.26. The number of H-pyrrole nitrogens is 1. The van der Waals surface area contributed by atoms with Crippen LogP contribution >= 0.6 is 0 Å². The molecule has 1 aromatic heterocycles. The van der Waals surface area contributed by atoms with Gasteiger partial charge in [0.25, 0.3) is 0 Å². The molecule has 3 N–H and O–H groups in total. The molecule has 0 atom stereocenters. The summed E-state index contributed by atoms with van der Waals surface area (Å²) in [6.45, 7) is 6.97. The summed E-state index contributed by atoms with van der Waals surface area (Å²) in [6, 6.07) is 14.2. The minimum atomic E-state index is -0.834. The molecule has 28 heavy (non-hydrogen) atoms. The molecule has 0 aliphatic carbocycles. The van der Waals surface area contributed by atoms with Gasteiger partial charge in [0.05, 0.1) is 5.52 Å². The zero-order chi connectivity index (χ0) is 19.5. The summed E-state index contributed by atoms with van der Waals surface area (Å²) in [5, 5.41) is 0. The first-order valence-corrected chi connectivity index (χ1v) is 9.57. The van der Waals surface area contributed by atoms with E-state index in [-0.39, 0.29) is 0 Å². The Morgan fingerprint density at radius 1 is 1.14 bits per heavy atom. The molecule has 7 nitrogen and oxygen atoms in total. The zero-order valence-corrected chi connectivity index (χ0v) is 16.0. The van der Waals surface area contributed by atoms with E-state index in [1.54, 1.807) is 6.07 Å².